The largest absolute Gasteiger partial charge is 0.459 e. The molecule has 1 aliphatic heterocycles. The maximum absolute atomic E-state index is 12.1. The highest BCUT2D eigenvalue weighted by Crippen LogP contribution is 2.21. The molecule has 116 valence electrons. The number of amides is 1. The Bertz CT molecular complexity index is 348. The Morgan fingerprint density at radius 1 is 1.35 bits per heavy atom. The van der Waals surface area contributed by atoms with Gasteiger partial charge < -0.3 is 10.1 Å². The van der Waals surface area contributed by atoms with Gasteiger partial charge in [0, 0.05) is 19.0 Å². The summed E-state index contributed by atoms with van der Waals surface area (Å²) in [6.45, 7) is 11.0. The first-order valence-corrected chi connectivity index (χ1v) is 7.45. The molecular formula is C15H28N2O3. The predicted molar refractivity (Wildman–Crippen MR) is 78.3 cm³/mol. The van der Waals surface area contributed by atoms with Gasteiger partial charge in [0.05, 0.1) is 0 Å². The van der Waals surface area contributed by atoms with Gasteiger partial charge in [0.1, 0.15) is 11.6 Å². The number of nitrogens with one attached hydrogen (secondary N) is 1. The molecule has 1 N–H and O–H groups in total. The Kier molecular flexibility index (Phi) is 5.99. The van der Waals surface area contributed by atoms with Crippen LogP contribution in [0.3, 0.4) is 0 Å². The fourth-order valence-corrected chi connectivity index (χ4v) is 2.37. The molecule has 0 aromatic rings. The van der Waals surface area contributed by atoms with Crippen molar-refractivity contribution in [3.8, 4) is 0 Å². The van der Waals surface area contributed by atoms with Crippen molar-refractivity contribution in [2.75, 3.05) is 13.1 Å². The second kappa shape index (κ2) is 7.07. The molecule has 0 aromatic heterocycles. The number of ether oxygens (including phenoxy) is 1. The molecule has 1 atom stereocenters. The number of esters is 1. The zero-order valence-corrected chi connectivity index (χ0v) is 13.4. The molecule has 0 bridgehead atoms. The average molecular weight is 284 g/mol. The summed E-state index contributed by atoms with van der Waals surface area (Å²) in [7, 11) is 0. The van der Waals surface area contributed by atoms with Crippen LogP contribution < -0.4 is 5.32 Å². The number of likely N-dealkylation sites (tertiary alicyclic amines) is 1. The Labute approximate surface area is 122 Å². The molecule has 1 fully saturated rings. The van der Waals surface area contributed by atoms with Gasteiger partial charge in [-0.05, 0) is 54.0 Å². The highest BCUT2D eigenvalue weighted by atomic mass is 16.6. The van der Waals surface area contributed by atoms with Gasteiger partial charge in [0.15, 0.2) is 0 Å². The molecule has 0 saturated carbocycles. The fourth-order valence-electron chi connectivity index (χ4n) is 2.37. The normalized spacial score (nSPS) is 20.2. The first-order valence-electron chi connectivity index (χ1n) is 7.45. The van der Waals surface area contributed by atoms with Crippen molar-refractivity contribution in [3.05, 3.63) is 0 Å². The molecule has 1 heterocycles. The highest BCUT2D eigenvalue weighted by molar-refractivity contribution is 5.78. The number of hydrogen-bond acceptors (Lipinski definition) is 4. The van der Waals surface area contributed by atoms with Crippen LogP contribution in [-0.4, -0.2) is 47.6 Å². The lowest BCUT2D eigenvalue weighted by Crippen LogP contribution is -2.42. The van der Waals surface area contributed by atoms with E-state index in [1.165, 1.54) is 0 Å². The summed E-state index contributed by atoms with van der Waals surface area (Å²) in [6, 6.07) is -0.0381. The molecule has 1 rings (SSSR count). The maximum atomic E-state index is 12.1. The van der Waals surface area contributed by atoms with Crippen LogP contribution >= 0.6 is 0 Å². The average Bonchev–Trinajstić information content (AvgIpc) is 2.71. The SMILES string of the molecule is CC(C)NC(=O)CCN1CCC[C@H]1C(=O)OC(C)(C)C. The molecule has 1 aliphatic rings. The minimum atomic E-state index is -0.458. The lowest BCUT2D eigenvalue weighted by molar-refractivity contribution is -0.160. The summed E-state index contributed by atoms with van der Waals surface area (Å²) in [4.78, 5) is 25.9. The van der Waals surface area contributed by atoms with Crippen LogP contribution in [0.5, 0.6) is 0 Å². The van der Waals surface area contributed by atoms with Gasteiger partial charge >= 0.3 is 5.97 Å². The van der Waals surface area contributed by atoms with Crippen LogP contribution in [0.25, 0.3) is 0 Å². The second-order valence-electron chi connectivity index (χ2n) is 6.70. The van der Waals surface area contributed by atoms with Crippen LogP contribution in [0.4, 0.5) is 0 Å². The summed E-state index contributed by atoms with van der Waals surface area (Å²) >= 11 is 0. The number of carbonyl (C=O) groups is 2. The number of nitrogens with zero attached hydrogens (tertiary/aromatic N) is 1. The Morgan fingerprint density at radius 3 is 2.55 bits per heavy atom. The highest BCUT2D eigenvalue weighted by Gasteiger charge is 2.33. The third-order valence-corrected chi connectivity index (χ3v) is 3.12. The number of rotatable bonds is 5. The first-order chi connectivity index (χ1) is 9.19. The molecule has 20 heavy (non-hydrogen) atoms. The Hall–Kier alpha value is -1.10. The molecule has 0 radical (unpaired) electrons. The lowest BCUT2D eigenvalue weighted by Gasteiger charge is -2.27. The van der Waals surface area contributed by atoms with Crippen molar-refractivity contribution < 1.29 is 14.3 Å². The van der Waals surface area contributed by atoms with Gasteiger partial charge in [-0.1, -0.05) is 0 Å². The van der Waals surface area contributed by atoms with Crippen LogP contribution in [0.2, 0.25) is 0 Å². The molecular weight excluding hydrogens is 256 g/mol. The summed E-state index contributed by atoms with van der Waals surface area (Å²) in [6.07, 6.45) is 2.23. The van der Waals surface area contributed by atoms with E-state index in [-0.39, 0.29) is 24.0 Å². The van der Waals surface area contributed by atoms with Crippen LogP contribution in [-0.2, 0) is 14.3 Å². The molecule has 0 spiro atoms. The summed E-state index contributed by atoms with van der Waals surface area (Å²) in [5.74, 6) is -0.130. The van der Waals surface area contributed by atoms with E-state index in [2.05, 4.69) is 10.2 Å². The standard InChI is InChI=1S/C15H28N2O3/c1-11(2)16-13(18)8-10-17-9-6-7-12(17)14(19)20-15(3,4)5/h11-12H,6-10H2,1-5H3,(H,16,18)/t12-/m0/s1. The zero-order chi connectivity index (χ0) is 15.3. The van der Waals surface area contributed by atoms with Gasteiger partial charge in [-0.25, -0.2) is 0 Å². The van der Waals surface area contributed by atoms with Crippen molar-refractivity contribution in [3.63, 3.8) is 0 Å². The molecule has 0 unspecified atom stereocenters. The smallest absolute Gasteiger partial charge is 0.323 e. The zero-order valence-electron chi connectivity index (χ0n) is 13.4. The van der Waals surface area contributed by atoms with E-state index in [1.54, 1.807) is 0 Å². The summed E-state index contributed by atoms with van der Waals surface area (Å²) in [5, 5.41) is 2.87. The van der Waals surface area contributed by atoms with Crippen molar-refractivity contribution >= 4 is 11.9 Å². The van der Waals surface area contributed by atoms with Crippen LogP contribution in [0.15, 0.2) is 0 Å². The van der Waals surface area contributed by atoms with E-state index in [9.17, 15) is 9.59 Å². The maximum Gasteiger partial charge on any atom is 0.323 e. The van der Waals surface area contributed by atoms with Crippen LogP contribution in [0, 0.1) is 0 Å². The summed E-state index contributed by atoms with van der Waals surface area (Å²) in [5.41, 5.74) is -0.458. The Morgan fingerprint density at radius 2 is 2.00 bits per heavy atom. The van der Waals surface area contributed by atoms with Gasteiger partial charge in [-0.2, -0.15) is 0 Å². The number of carbonyl (C=O) groups excluding carboxylic acids is 2. The molecule has 1 amide bonds. The number of hydrogen-bond donors (Lipinski definition) is 1. The molecule has 5 heteroatoms. The van der Waals surface area contributed by atoms with E-state index < -0.39 is 5.60 Å². The van der Waals surface area contributed by atoms with Gasteiger partial charge in [-0.15, -0.1) is 0 Å². The van der Waals surface area contributed by atoms with E-state index in [1.807, 2.05) is 34.6 Å². The van der Waals surface area contributed by atoms with Crippen molar-refractivity contribution in [2.45, 2.75) is 71.6 Å². The first kappa shape index (κ1) is 17.0. The van der Waals surface area contributed by atoms with E-state index >= 15 is 0 Å². The Balaban J connectivity index is 2.45. The minimum absolute atomic E-state index is 0.0369. The third-order valence-electron chi connectivity index (χ3n) is 3.12. The monoisotopic (exact) mass is 284 g/mol. The van der Waals surface area contributed by atoms with Gasteiger partial charge in [-0.3, -0.25) is 14.5 Å². The van der Waals surface area contributed by atoms with Gasteiger partial charge in [0.25, 0.3) is 0 Å². The van der Waals surface area contributed by atoms with Crippen molar-refractivity contribution in [2.24, 2.45) is 0 Å². The minimum Gasteiger partial charge on any atom is -0.459 e. The van der Waals surface area contributed by atoms with Crippen molar-refractivity contribution in [1.82, 2.24) is 10.2 Å². The van der Waals surface area contributed by atoms with Gasteiger partial charge in [0.2, 0.25) is 5.91 Å². The van der Waals surface area contributed by atoms with E-state index in [0.29, 0.717) is 13.0 Å². The molecule has 0 aliphatic carbocycles. The topological polar surface area (TPSA) is 58.6 Å². The van der Waals surface area contributed by atoms with Crippen LogP contribution in [0.1, 0.15) is 53.9 Å². The molecule has 1 saturated heterocycles. The fraction of sp³-hybridized carbons (Fsp3) is 0.867. The predicted octanol–water partition coefficient (Wildman–Crippen LogP) is 1.71. The quantitative estimate of drug-likeness (QED) is 0.781. The summed E-state index contributed by atoms with van der Waals surface area (Å²) < 4.78 is 5.44. The van der Waals surface area contributed by atoms with E-state index in [4.69, 9.17) is 4.74 Å². The molecule has 5 nitrogen and oxygen atoms in total. The lowest BCUT2D eigenvalue weighted by atomic mass is 10.1. The second-order valence-corrected chi connectivity index (χ2v) is 6.70. The van der Waals surface area contributed by atoms with E-state index in [0.717, 1.165) is 19.4 Å². The van der Waals surface area contributed by atoms with Crippen molar-refractivity contribution in [1.29, 1.82) is 0 Å². The molecule has 0 aromatic carbocycles. The third kappa shape index (κ3) is 5.90.